The van der Waals surface area contributed by atoms with Crippen molar-refractivity contribution in [3.63, 3.8) is 0 Å². The van der Waals surface area contributed by atoms with Crippen LogP contribution >= 0.6 is 11.6 Å². The van der Waals surface area contributed by atoms with Gasteiger partial charge in [0.1, 0.15) is 5.75 Å². The average molecular weight is 292 g/mol. The van der Waals surface area contributed by atoms with E-state index < -0.39 is 0 Å². The molecule has 0 atom stereocenters. The summed E-state index contributed by atoms with van der Waals surface area (Å²) in [7, 11) is 1.51. The topological polar surface area (TPSA) is 77.2 Å². The molecule has 0 aliphatic carbocycles. The maximum absolute atomic E-state index is 12.2. The minimum absolute atomic E-state index is 0.314. The van der Waals surface area contributed by atoms with E-state index in [1.807, 2.05) is 6.92 Å². The van der Waals surface area contributed by atoms with E-state index in [0.717, 1.165) is 5.56 Å². The maximum atomic E-state index is 12.2. The molecule has 0 radical (unpaired) electrons. The maximum Gasteiger partial charge on any atom is 0.257 e. The van der Waals surface area contributed by atoms with Crippen LogP contribution in [-0.2, 0) is 0 Å². The van der Waals surface area contributed by atoms with Gasteiger partial charge in [-0.15, -0.1) is 0 Å². The lowest BCUT2D eigenvalue weighted by Gasteiger charge is -2.12. The summed E-state index contributed by atoms with van der Waals surface area (Å²) in [6, 6.07) is 4.96. The third-order valence-electron chi connectivity index (χ3n) is 2.83. The van der Waals surface area contributed by atoms with Gasteiger partial charge in [-0.05, 0) is 24.6 Å². The van der Waals surface area contributed by atoms with Crippen LogP contribution in [0.3, 0.4) is 0 Å². The molecule has 0 bridgehead atoms. The number of hydrogen-bond donors (Lipinski definition) is 2. The van der Waals surface area contributed by atoms with E-state index >= 15 is 0 Å². The lowest BCUT2D eigenvalue weighted by molar-refractivity contribution is 0.102. The first kappa shape index (κ1) is 14.1. The molecule has 1 aromatic heterocycles. The van der Waals surface area contributed by atoms with Crippen molar-refractivity contribution in [2.75, 3.05) is 18.2 Å². The summed E-state index contributed by atoms with van der Waals surface area (Å²) in [5.41, 5.74) is 7.77. The summed E-state index contributed by atoms with van der Waals surface area (Å²) in [6.07, 6.45) is 2.94. The molecule has 2 rings (SSSR count). The molecule has 0 saturated heterocycles. The Morgan fingerprint density at radius 3 is 2.85 bits per heavy atom. The van der Waals surface area contributed by atoms with Crippen LogP contribution in [0.2, 0.25) is 5.02 Å². The van der Waals surface area contributed by atoms with Gasteiger partial charge in [-0.3, -0.25) is 9.78 Å². The molecule has 0 spiro atoms. The summed E-state index contributed by atoms with van der Waals surface area (Å²) in [6.45, 7) is 1.85. The number of amides is 1. The molecule has 104 valence electrons. The zero-order valence-corrected chi connectivity index (χ0v) is 11.9. The Kier molecular flexibility index (Phi) is 4.10. The first-order chi connectivity index (χ1) is 9.52. The number of nitrogens with one attached hydrogen (secondary N) is 1. The molecule has 0 fully saturated rings. The van der Waals surface area contributed by atoms with Crippen LogP contribution in [0.4, 0.5) is 11.4 Å². The van der Waals surface area contributed by atoms with Gasteiger partial charge in [0.25, 0.3) is 5.91 Å². The molecule has 5 nitrogen and oxygen atoms in total. The van der Waals surface area contributed by atoms with Gasteiger partial charge in [0.2, 0.25) is 0 Å². The Balaban J connectivity index is 2.33. The van der Waals surface area contributed by atoms with E-state index in [-0.39, 0.29) is 5.91 Å². The number of halogens is 1. The number of aromatic nitrogens is 1. The van der Waals surface area contributed by atoms with Crippen LogP contribution in [0, 0.1) is 6.92 Å². The number of rotatable bonds is 3. The first-order valence-corrected chi connectivity index (χ1v) is 6.25. The number of nitrogen functional groups attached to an aromatic ring is 1. The van der Waals surface area contributed by atoms with Crippen LogP contribution in [0.5, 0.6) is 5.75 Å². The molecule has 6 heteroatoms. The van der Waals surface area contributed by atoms with Crippen molar-refractivity contribution in [1.82, 2.24) is 4.98 Å². The fourth-order valence-electron chi connectivity index (χ4n) is 1.73. The van der Waals surface area contributed by atoms with Crippen molar-refractivity contribution in [3.8, 4) is 5.75 Å². The predicted molar refractivity (Wildman–Crippen MR) is 79.3 cm³/mol. The number of nitrogens with two attached hydrogens (primary N) is 1. The van der Waals surface area contributed by atoms with Crippen LogP contribution in [-0.4, -0.2) is 18.0 Å². The number of benzene rings is 1. The van der Waals surface area contributed by atoms with Crippen LogP contribution in [0.1, 0.15) is 15.9 Å². The molecule has 1 amide bonds. The number of hydrogen-bond acceptors (Lipinski definition) is 4. The summed E-state index contributed by atoms with van der Waals surface area (Å²) >= 11 is 6.02. The van der Waals surface area contributed by atoms with Gasteiger partial charge in [-0.2, -0.15) is 0 Å². The molecule has 0 aliphatic rings. The second-order valence-electron chi connectivity index (χ2n) is 4.22. The van der Waals surface area contributed by atoms with Crippen molar-refractivity contribution in [1.29, 1.82) is 0 Å². The number of carbonyl (C=O) groups excluding carboxylic acids is 1. The molecular formula is C14H14ClN3O2. The van der Waals surface area contributed by atoms with E-state index in [1.54, 1.807) is 18.2 Å². The summed E-state index contributed by atoms with van der Waals surface area (Å²) in [5.74, 6) is 0.159. The average Bonchev–Trinajstić information content (AvgIpc) is 2.43. The smallest absolute Gasteiger partial charge is 0.257 e. The van der Waals surface area contributed by atoms with E-state index in [2.05, 4.69) is 10.3 Å². The highest BCUT2D eigenvalue weighted by molar-refractivity contribution is 6.31. The highest BCUT2D eigenvalue weighted by atomic mass is 35.5. The van der Waals surface area contributed by atoms with Gasteiger partial charge < -0.3 is 15.8 Å². The largest absolute Gasteiger partial charge is 0.495 e. The van der Waals surface area contributed by atoms with E-state index in [1.165, 1.54) is 19.5 Å². The number of pyridine rings is 1. The standard InChI is InChI=1S/C14H14ClN3O2/c1-8-5-12(13(20-2)6-10(8)15)18-14(19)9-3-4-17-7-11(9)16/h3-7H,16H2,1-2H3,(H,18,19). The molecule has 0 saturated carbocycles. The highest BCUT2D eigenvalue weighted by Gasteiger charge is 2.13. The van der Waals surface area contributed by atoms with Crippen molar-refractivity contribution in [2.24, 2.45) is 0 Å². The van der Waals surface area contributed by atoms with Gasteiger partial charge in [0, 0.05) is 17.3 Å². The van der Waals surface area contributed by atoms with E-state index in [4.69, 9.17) is 22.1 Å². The Morgan fingerprint density at radius 2 is 2.20 bits per heavy atom. The van der Waals surface area contributed by atoms with Crippen LogP contribution in [0.25, 0.3) is 0 Å². The SMILES string of the molecule is COc1cc(Cl)c(C)cc1NC(=O)c1ccncc1N. The predicted octanol–water partition coefficient (Wildman–Crippen LogP) is 2.89. The molecule has 3 N–H and O–H groups in total. The lowest BCUT2D eigenvalue weighted by Crippen LogP contribution is -2.15. The van der Waals surface area contributed by atoms with Crippen LogP contribution < -0.4 is 15.8 Å². The highest BCUT2D eigenvalue weighted by Crippen LogP contribution is 2.31. The first-order valence-electron chi connectivity index (χ1n) is 5.88. The summed E-state index contributed by atoms with van der Waals surface area (Å²) in [4.78, 5) is 16.0. The fraction of sp³-hybridized carbons (Fsp3) is 0.143. The second kappa shape index (κ2) is 5.79. The Hall–Kier alpha value is -2.27. The Morgan fingerprint density at radius 1 is 1.45 bits per heavy atom. The summed E-state index contributed by atoms with van der Waals surface area (Å²) in [5, 5.41) is 3.33. The molecule has 0 aliphatic heterocycles. The minimum Gasteiger partial charge on any atom is -0.495 e. The van der Waals surface area contributed by atoms with Crippen molar-refractivity contribution in [2.45, 2.75) is 6.92 Å². The zero-order valence-electron chi connectivity index (χ0n) is 11.1. The fourth-order valence-corrected chi connectivity index (χ4v) is 1.89. The van der Waals surface area contributed by atoms with Crippen molar-refractivity contribution < 1.29 is 9.53 Å². The Labute approximate surface area is 121 Å². The third-order valence-corrected chi connectivity index (χ3v) is 3.23. The monoisotopic (exact) mass is 291 g/mol. The number of ether oxygens (including phenoxy) is 1. The van der Waals surface area contributed by atoms with Gasteiger partial charge in [0.05, 0.1) is 30.2 Å². The number of carbonyl (C=O) groups is 1. The number of nitrogens with zero attached hydrogens (tertiary/aromatic N) is 1. The van der Waals surface area contributed by atoms with Gasteiger partial charge >= 0.3 is 0 Å². The summed E-state index contributed by atoms with van der Waals surface area (Å²) < 4.78 is 5.21. The third kappa shape index (κ3) is 2.83. The number of anilines is 2. The number of aryl methyl sites for hydroxylation is 1. The molecule has 20 heavy (non-hydrogen) atoms. The van der Waals surface area contributed by atoms with Gasteiger partial charge in [-0.25, -0.2) is 0 Å². The van der Waals surface area contributed by atoms with E-state index in [0.29, 0.717) is 27.7 Å². The zero-order chi connectivity index (χ0) is 14.7. The molecule has 0 unspecified atom stereocenters. The normalized spacial score (nSPS) is 10.2. The quantitative estimate of drug-likeness (QED) is 0.911. The van der Waals surface area contributed by atoms with Crippen molar-refractivity contribution >= 4 is 28.9 Å². The molecule has 1 aromatic carbocycles. The minimum atomic E-state index is -0.329. The molecule has 2 aromatic rings. The van der Waals surface area contributed by atoms with Crippen molar-refractivity contribution in [3.05, 3.63) is 46.7 Å². The van der Waals surface area contributed by atoms with Gasteiger partial charge in [0.15, 0.2) is 0 Å². The molecular weight excluding hydrogens is 278 g/mol. The number of methoxy groups -OCH3 is 1. The second-order valence-corrected chi connectivity index (χ2v) is 4.63. The van der Waals surface area contributed by atoms with Crippen LogP contribution in [0.15, 0.2) is 30.6 Å². The Bertz CT molecular complexity index is 659. The molecule has 1 heterocycles. The van der Waals surface area contributed by atoms with E-state index in [9.17, 15) is 4.79 Å². The lowest BCUT2D eigenvalue weighted by atomic mass is 10.1. The van der Waals surface area contributed by atoms with Gasteiger partial charge in [-0.1, -0.05) is 11.6 Å².